The van der Waals surface area contributed by atoms with Crippen molar-refractivity contribution in [3.8, 4) is 11.5 Å². The summed E-state index contributed by atoms with van der Waals surface area (Å²) in [6, 6.07) is 16.6. The van der Waals surface area contributed by atoms with Crippen molar-refractivity contribution in [1.82, 2.24) is 0 Å². The fraction of sp³-hybridized carbons (Fsp3) is 0.0588. The maximum Gasteiger partial charge on any atom is 0.135 e. The summed E-state index contributed by atoms with van der Waals surface area (Å²) in [7, 11) is 0. The summed E-state index contributed by atoms with van der Waals surface area (Å²) in [5.41, 5.74) is 0.568. The van der Waals surface area contributed by atoms with Crippen molar-refractivity contribution < 1.29 is 9.84 Å². The molecule has 2 nitrogen and oxygen atoms in total. The second-order valence-electron chi connectivity index (χ2n) is 4.57. The summed E-state index contributed by atoms with van der Waals surface area (Å²) >= 11 is 12.3. The lowest BCUT2D eigenvalue weighted by atomic mass is 10.1. The molecule has 4 heteroatoms. The molecule has 0 saturated carbocycles. The van der Waals surface area contributed by atoms with E-state index in [-0.39, 0.29) is 6.61 Å². The molecule has 106 valence electrons. The number of rotatable bonds is 3. The summed E-state index contributed by atoms with van der Waals surface area (Å²) in [5.74, 6) is 1.21. The lowest BCUT2D eigenvalue weighted by Crippen LogP contribution is -1.93. The third kappa shape index (κ3) is 2.70. The van der Waals surface area contributed by atoms with Gasteiger partial charge in [-0.3, -0.25) is 0 Å². The van der Waals surface area contributed by atoms with E-state index >= 15 is 0 Å². The molecule has 0 aromatic heterocycles. The van der Waals surface area contributed by atoms with E-state index in [4.69, 9.17) is 27.9 Å². The van der Waals surface area contributed by atoms with Gasteiger partial charge in [0.15, 0.2) is 0 Å². The number of aliphatic hydroxyl groups excluding tert-OH is 1. The van der Waals surface area contributed by atoms with E-state index in [1.807, 2.05) is 30.3 Å². The molecule has 0 spiro atoms. The van der Waals surface area contributed by atoms with Crippen LogP contribution in [0.1, 0.15) is 5.56 Å². The highest BCUT2D eigenvalue weighted by Crippen LogP contribution is 2.36. The summed E-state index contributed by atoms with van der Waals surface area (Å²) < 4.78 is 5.95. The zero-order chi connectivity index (χ0) is 14.8. The molecule has 21 heavy (non-hydrogen) atoms. The standard InChI is InChI=1S/C17H12Cl2O2/c18-14-6-3-7-16(13(14)10-20)21-17-9-8-15(19)11-4-1-2-5-12(11)17/h1-9,20H,10H2. The molecule has 3 aromatic rings. The van der Waals surface area contributed by atoms with Crippen LogP contribution in [0.2, 0.25) is 10.0 Å². The molecule has 3 rings (SSSR count). The minimum atomic E-state index is -0.180. The molecule has 0 atom stereocenters. The van der Waals surface area contributed by atoms with Crippen molar-refractivity contribution in [2.24, 2.45) is 0 Å². The smallest absolute Gasteiger partial charge is 0.135 e. The van der Waals surface area contributed by atoms with Crippen LogP contribution in [0.25, 0.3) is 10.8 Å². The highest BCUT2D eigenvalue weighted by molar-refractivity contribution is 6.35. The minimum absolute atomic E-state index is 0.180. The number of benzene rings is 3. The predicted octanol–water partition coefficient (Wildman–Crippen LogP) is 5.43. The normalized spacial score (nSPS) is 10.8. The molecule has 0 heterocycles. The summed E-state index contributed by atoms with van der Waals surface area (Å²) in [5, 5.41) is 12.4. The zero-order valence-electron chi connectivity index (χ0n) is 11.0. The van der Waals surface area contributed by atoms with Crippen LogP contribution in [0, 0.1) is 0 Å². The van der Waals surface area contributed by atoms with Gasteiger partial charge < -0.3 is 9.84 Å². The number of hydrogen-bond acceptors (Lipinski definition) is 2. The van der Waals surface area contributed by atoms with Gasteiger partial charge >= 0.3 is 0 Å². The van der Waals surface area contributed by atoms with Crippen molar-refractivity contribution >= 4 is 34.0 Å². The van der Waals surface area contributed by atoms with E-state index in [0.29, 0.717) is 27.1 Å². The average Bonchev–Trinajstić information content (AvgIpc) is 2.51. The van der Waals surface area contributed by atoms with Crippen molar-refractivity contribution in [2.75, 3.05) is 0 Å². The van der Waals surface area contributed by atoms with Crippen molar-refractivity contribution in [3.05, 3.63) is 70.2 Å². The van der Waals surface area contributed by atoms with Crippen LogP contribution >= 0.6 is 23.2 Å². The molecule has 0 radical (unpaired) electrons. The zero-order valence-corrected chi connectivity index (χ0v) is 12.5. The highest BCUT2D eigenvalue weighted by atomic mass is 35.5. The quantitative estimate of drug-likeness (QED) is 0.697. The Balaban J connectivity index is 2.11. The van der Waals surface area contributed by atoms with Crippen LogP contribution in [0.5, 0.6) is 11.5 Å². The lowest BCUT2D eigenvalue weighted by Gasteiger charge is -2.13. The third-order valence-corrected chi connectivity index (χ3v) is 3.97. The summed E-state index contributed by atoms with van der Waals surface area (Å²) in [6.45, 7) is -0.180. The topological polar surface area (TPSA) is 29.5 Å². The molecule has 0 aliphatic carbocycles. The van der Waals surface area contributed by atoms with Gasteiger partial charge in [-0.15, -0.1) is 0 Å². The van der Waals surface area contributed by atoms with Crippen LogP contribution in [-0.2, 0) is 6.61 Å². The first-order chi connectivity index (χ1) is 10.2. The Hall–Kier alpha value is -1.74. The fourth-order valence-corrected chi connectivity index (χ4v) is 2.68. The number of ether oxygens (including phenoxy) is 1. The van der Waals surface area contributed by atoms with Crippen molar-refractivity contribution in [2.45, 2.75) is 6.61 Å². The fourth-order valence-electron chi connectivity index (χ4n) is 2.23. The second-order valence-corrected chi connectivity index (χ2v) is 5.38. The molecule has 0 unspecified atom stereocenters. The Morgan fingerprint density at radius 3 is 2.29 bits per heavy atom. The molecular weight excluding hydrogens is 307 g/mol. The Kier molecular flexibility index (Phi) is 4.02. The van der Waals surface area contributed by atoms with Gasteiger partial charge in [-0.2, -0.15) is 0 Å². The Morgan fingerprint density at radius 2 is 1.52 bits per heavy atom. The Morgan fingerprint density at radius 1 is 0.762 bits per heavy atom. The van der Waals surface area contributed by atoms with Gasteiger partial charge in [0, 0.05) is 26.4 Å². The molecule has 0 aliphatic rings. The van der Waals surface area contributed by atoms with Crippen LogP contribution in [0.4, 0.5) is 0 Å². The molecule has 0 aliphatic heterocycles. The van der Waals surface area contributed by atoms with E-state index in [9.17, 15) is 5.11 Å². The Bertz CT molecular complexity index is 800. The molecule has 0 bridgehead atoms. The third-order valence-electron chi connectivity index (χ3n) is 3.28. The SMILES string of the molecule is OCc1c(Cl)cccc1Oc1ccc(Cl)c2ccccc12. The second kappa shape index (κ2) is 5.94. The number of fused-ring (bicyclic) bond motifs is 1. The van der Waals surface area contributed by atoms with Gasteiger partial charge in [0.05, 0.1) is 6.61 Å². The maximum atomic E-state index is 9.45. The minimum Gasteiger partial charge on any atom is -0.456 e. The van der Waals surface area contributed by atoms with Crippen molar-refractivity contribution in [1.29, 1.82) is 0 Å². The molecular formula is C17H12Cl2O2. The van der Waals surface area contributed by atoms with E-state index in [1.54, 1.807) is 24.3 Å². The largest absolute Gasteiger partial charge is 0.456 e. The molecule has 3 aromatic carbocycles. The lowest BCUT2D eigenvalue weighted by molar-refractivity contribution is 0.277. The van der Waals surface area contributed by atoms with E-state index in [2.05, 4.69) is 0 Å². The van der Waals surface area contributed by atoms with Gasteiger partial charge in [-0.25, -0.2) is 0 Å². The van der Waals surface area contributed by atoms with Gasteiger partial charge in [0.25, 0.3) is 0 Å². The van der Waals surface area contributed by atoms with Gasteiger partial charge in [0.1, 0.15) is 11.5 Å². The maximum absolute atomic E-state index is 9.45. The van der Waals surface area contributed by atoms with Crippen LogP contribution in [0.3, 0.4) is 0 Å². The van der Waals surface area contributed by atoms with Crippen LogP contribution in [-0.4, -0.2) is 5.11 Å². The summed E-state index contributed by atoms with van der Waals surface area (Å²) in [4.78, 5) is 0. The monoisotopic (exact) mass is 318 g/mol. The van der Waals surface area contributed by atoms with Crippen LogP contribution in [0.15, 0.2) is 54.6 Å². The molecule has 0 amide bonds. The first-order valence-corrected chi connectivity index (χ1v) is 7.19. The summed E-state index contributed by atoms with van der Waals surface area (Å²) in [6.07, 6.45) is 0. The Labute approximate surface area is 132 Å². The predicted molar refractivity (Wildman–Crippen MR) is 86.4 cm³/mol. The van der Waals surface area contributed by atoms with Gasteiger partial charge in [-0.1, -0.05) is 53.5 Å². The number of aliphatic hydroxyl groups is 1. The first kappa shape index (κ1) is 14.2. The first-order valence-electron chi connectivity index (χ1n) is 6.44. The van der Waals surface area contributed by atoms with E-state index in [0.717, 1.165) is 10.8 Å². The number of halogens is 2. The molecule has 1 N–H and O–H groups in total. The van der Waals surface area contributed by atoms with Crippen LogP contribution < -0.4 is 4.74 Å². The van der Waals surface area contributed by atoms with Gasteiger partial charge in [-0.05, 0) is 24.3 Å². The van der Waals surface area contributed by atoms with E-state index in [1.165, 1.54) is 0 Å². The molecule has 0 fully saturated rings. The number of hydrogen-bond donors (Lipinski definition) is 1. The average molecular weight is 319 g/mol. The van der Waals surface area contributed by atoms with Gasteiger partial charge in [0.2, 0.25) is 0 Å². The molecule has 0 saturated heterocycles. The van der Waals surface area contributed by atoms with E-state index < -0.39 is 0 Å². The van der Waals surface area contributed by atoms with Crippen molar-refractivity contribution in [3.63, 3.8) is 0 Å². The highest BCUT2D eigenvalue weighted by Gasteiger charge is 2.11.